The number of nitrogens with zero attached hydrogens (tertiary/aromatic N) is 1. The van der Waals surface area contributed by atoms with Gasteiger partial charge in [-0.1, -0.05) is 12.1 Å². The third-order valence-corrected chi connectivity index (χ3v) is 3.20. The molecule has 1 atom stereocenters. The van der Waals surface area contributed by atoms with Crippen LogP contribution in [0.15, 0.2) is 18.2 Å². The van der Waals surface area contributed by atoms with Gasteiger partial charge in [-0.3, -0.25) is 4.90 Å². The zero-order chi connectivity index (χ0) is 12.3. The molecule has 0 amide bonds. The van der Waals surface area contributed by atoms with E-state index in [1.165, 1.54) is 11.1 Å². The van der Waals surface area contributed by atoms with E-state index >= 15 is 0 Å². The maximum Gasteiger partial charge on any atom is 0.122 e. The van der Waals surface area contributed by atoms with Crippen LogP contribution in [0.3, 0.4) is 0 Å². The van der Waals surface area contributed by atoms with Gasteiger partial charge in [-0.2, -0.15) is 0 Å². The van der Waals surface area contributed by atoms with Crippen LogP contribution in [0.4, 0.5) is 0 Å². The zero-order valence-electron chi connectivity index (χ0n) is 10.1. The van der Waals surface area contributed by atoms with Crippen LogP contribution < -0.4 is 4.74 Å². The molecule has 94 valence electrons. The fourth-order valence-electron chi connectivity index (χ4n) is 2.34. The molecule has 17 heavy (non-hydrogen) atoms. The van der Waals surface area contributed by atoms with Crippen molar-refractivity contribution < 1.29 is 14.9 Å². The number of ether oxygens (including phenoxy) is 1. The molecule has 1 heterocycles. The number of methoxy groups -OCH3 is 1. The van der Waals surface area contributed by atoms with E-state index < -0.39 is 6.10 Å². The van der Waals surface area contributed by atoms with Crippen molar-refractivity contribution in [2.45, 2.75) is 19.1 Å². The Morgan fingerprint density at radius 3 is 3.00 bits per heavy atom. The predicted octanol–water partition coefficient (Wildman–Crippen LogP) is 0.406. The van der Waals surface area contributed by atoms with Crippen molar-refractivity contribution >= 4 is 0 Å². The van der Waals surface area contributed by atoms with Crippen molar-refractivity contribution in [3.63, 3.8) is 0 Å². The lowest BCUT2D eigenvalue weighted by Crippen LogP contribution is -2.38. The van der Waals surface area contributed by atoms with Gasteiger partial charge in [-0.15, -0.1) is 0 Å². The second-order valence-corrected chi connectivity index (χ2v) is 4.42. The van der Waals surface area contributed by atoms with Crippen LogP contribution in [0.25, 0.3) is 0 Å². The topological polar surface area (TPSA) is 52.9 Å². The highest BCUT2D eigenvalue weighted by atomic mass is 16.5. The molecule has 1 unspecified atom stereocenters. The lowest BCUT2D eigenvalue weighted by Gasteiger charge is -2.30. The van der Waals surface area contributed by atoms with Gasteiger partial charge in [0.1, 0.15) is 5.75 Å². The Morgan fingerprint density at radius 1 is 1.47 bits per heavy atom. The number of hydrogen-bond donors (Lipinski definition) is 2. The van der Waals surface area contributed by atoms with Gasteiger partial charge in [-0.05, 0) is 23.6 Å². The van der Waals surface area contributed by atoms with Gasteiger partial charge in [0.05, 0.1) is 19.8 Å². The molecule has 0 saturated heterocycles. The molecule has 1 aromatic carbocycles. The Hall–Kier alpha value is -1.10. The molecule has 2 rings (SSSR count). The van der Waals surface area contributed by atoms with Gasteiger partial charge in [0.2, 0.25) is 0 Å². The standard InChI is InChI=1S/C13H19NO3/c1-17-13-4-2-3-10-7-14(6-5-12(10)13)8-11(16)9-15/h2-4,11,15-16H,5-9H2,1H3. The largest absolute Gasteiger partial charge is 0.496 e. The zero-order valence-corrected chi connectivity index (χ0v) is 10.1. The molecule has 1 aliphatic rings. The molecular formula is C13H19NO3. The van der Waals surface area contributed by atoms with Crippen molar-refractivity contribution in [3.8, 4) is 5.75 Å². The summed E-state index contributed by atoms with van der Waals surface area (Å²) < 4.78 is 5.34. The van der Waals surface area contributed by atoms with Gasteiger partial charge in [0.25, 0.3) is 0 Å². The van der Waals surface area contributed by atoms with E-state index in [0.29, 0.717) is 6.54 Å². The Balaban J connectivity index is 2.09. The Kier molecular flexibility index (Phi) is 3.99. The summed E-state index contributed by atoms with van der Waals surface area (Å²) >= 11 is 0. The van der Waals surface area contributed by atoms with Crippen molar-refractivity contribution in [1.29, 1.82) is 0 Å². The molecule has 0 spiro atoms. The molecular weight excluding hydrogens is 218 g/mol. The number of β-amino-alcohol motifs (C(OH)–C–C–N with tert-alkyl or cyclic N) is 1. The predicted molar refractivity (Wildman–Crippen MR) is 65.1 cm³/mol. The van der Waals surface area contributed by atoms with Gasteiger partial charge in [0.15, 0.2) is 0 Å². The molecule has 1 aromatic rings. The van der Waals surface area contributed by atoms with Crippen molar-refractivity contribution in [3.05, 3.63) is 29.3 Å². The quantitative estimate of drug-likeness (QED) is 0.796. The smallest absolute Gasteiger partial charge is 0.122 e. The van der Waals surface area contributed by atoms with Crippen molar-refractivity contribution in [1.82, 2.24) is 4.90 Å². The van der Waals surface area contributed by atoms with Crippen molar-refractivity contribution in [2.75, 3.05) is 26.8 Å². The van der Waals surface area contributed by atoms with Crippen molar-refractivity contribution in [2.24, 2.45) is 0 Å². The Morgan fingerprint density at radius 2 is 2.29 bits per heavy atom. The number of rotatable bonds is 4. The number of aliphatic hydroxyl groups is 2. The minimum atomic E-state index is -0.651. The molecule has 2 N–H and O–H groups in total. The van der Waals surface area contributed by atoms with E-state index in [9.17, 15) is 5.11 Å². The van der Waals surface area contributed by atoms with E-state index in [0.717, 1.165) is 25.3 Å². The molecule has 4 nitrogen and oxygen atoms in total. The maximum atomic E-state index is 9.44. The second-order valence-electron chi connectivity index (χ2n) is 4.42. The number of aliphatic hydroxyl groups excluding tert-OH is 2. The van der Waals surface area contributed by atoms with E-state index in [-0.39, 0.29) is 6.61 Å². The van der Waals surface area contributed by atoms with Crippen LogP contribution in [0.1, 0.15) is 11.1 Å². The Bertz CT molecular complexity index is 381. The molecule has 0 aromatic heterocycles. The Labute approximate surface area is 101 Å². The normalized spacial score (nSPS) is 17.6. The first kappa shape index (κ1) is 12.4. The van der Waals surface area contributed by atoms with Crippen LogP contribution in [0.5, 0.6) is 5.75 Å². The second kappa shape index (κ2) is 5.49. The van der Waals surface area contributed by atoms with Gasteiger partial charge in [-0.25, -0.2) is 0 Å². The molecule has 0 saturated carbocycles. The van der Waals surface area contributed by atoms with Crippen LogP contribution >= 0.6 is 0 Å². The third-order valence-electron chi connectivity index (χ3n) is 3.20. The summed E-state index contributed by atoms with van der Waals surface area (Å²) in [5.74, 6) is 0.949. The van der Waals surface area contributed by atoms with E-state index in [4.69, 9.17) is 9.84 Å². The van der Waals surface area contributed by atoms with Crippen LogP contribution in [-0.4, -0.2) is 48.0 Å². The minimum absolute atomic E-state index is 0.179. The lowest BCUT2D eigenvalue weighted by molar-refractivity contribution is 0.0550. The molecule has 0 bridgehead atoms. The summed E-state index contributed by atoms with van der Waals surface area (Å²) in [5.41, 5.74) is 2.52. The third kappa shape index (κ3) is 2.77. The molecule has 0 radical (unpaired) electrons. The average Bonchev–Trinajstić information content (AvgIpc) is 2.37. The van der Waals surface area contributed by atoms with E-state index in [2.05, 4.69) is 11.0 Å². The monoisotopic (exact) mass is 237 g/mol. The fraction of sp³-hybridized carbons (Fsp3) is 0.538. The summed E-state index contributed by atoms with van der Waals surface area (Å²) in [6.07, 6.45) is 0.277. The first-order valence-electron chi connectivity index (χ1n) is 5.90. The van der Waals surface area contributed by atoms with Gasteiger partial charge < -0.3 is 14.9 Å². The number of hydrogen-bond acceptors (Lipinski definition) is 4. The minimum Gasteiger partial charge on any atom is -0.496 e. The average molecular weight is 237 g/mol. The van der Waals surface area contributed by atoms with Crippen LogP contribution in [0, 0.1) is 0 Å². The van der Waals surface area contributed by atoms with Gasteiger partial charge >= 0.3 is 0 Å². The summed E-state index contributed by atoms with van der Waals surface area (Å²) in [7, 11) is 1.69. The lowest BCUT2D eigenvalue weighted by atomic mass is 9.98. The maximum absolute atomic E-state index is 9.44. The summed E-state index contributed by atoms with van der Waals surface area (Å²) in [6, 6.07) is 6.07. The summed E-state index contributed by atoms with van der Waals surface area (Å²) in [6.45, 7) is 2.04. The molecule has 0 aliphatic carbocycles. The van der Waals surface area contributed by atoms with E-state index in [1.54, 1.807) is 7.11 Å². The number of benzene rings is 1. The molecule has 4 heteroatoms. The van der Waals surface area contributed by atoms with Crippen LogP contribution in [-0.2, 0) is 13.0 Å². The molecule has 0 fully saturated rings. The van der Waals surface area contributed by atoms with Gasteiger partial charge in [0, 0.05) is 19.6 Å². The summed E-state index contributed by atoms with van der Waals surface area (Å²) in [4.78, 5) is 2.16. The summed E-state index contributed by atoms with van der Waals surface area (Å²) in [5, 5.41) is 18.3. The SMILES string of the molecule is COc1cccc2c1CCN(CC(O)CO)C2. The highest BCUT2D eigenvalue weighted by Gasteiger charge is 2.20. The first-order chi connectivity index (χ1) is 8.24. The first-order valence-corrected chi connectivity index (χ1v) is 5.90. The fourth-order valence-corrected chi connectivity index (χ4v) is 2.34. The van der Waals surface area contributed by atoms with E-state index in [1.807, 2.05) is 12.1 Å². The van der Waals surface area contributed by atoms with Crippen LogP contribution in [0.2, 0.25) is 0 Å². The highest BCUT2D eigenvalue weighted by Crippen LogP contribution is 2.27. The molecule has 1 aliphatic heterocycles. The number of fused-ring (bicyclic) bond motifs is 1. The highest BCUT2D eigenvalue weighted by molar-refractivity contribution is 5.41.